The lowest BCUT2D eigenvalue weighted by molar-refractivity contribution is -0.153. The van der Waals surface area contributed by atoms with Gasteiger partial charge in [-0.15, -0.1) is 0 Å². The Labute approximate surface area is 157 Å². The van der Waals surface area contributed by atoms with Crippen LogP contribution in [0.1, 0.15) is 44.4 Å². The van der Waals surface area contributed by atoms with Crippen LogP contribution >= 0.6 is 0 Å². The average Bonchev–Trinajstić information content (AvgIpc) is 3.01. The quantitative estimate of drug-likeness (QED) is 0.865. The van der Waals surface area contributed by atoms with Gasteiger partial charge in [-0.2, -0.15) is 13.2 Å². The Morgan fingerprint density at radius 1 is 1.48 bits per heavy atom. The van der Waals surface area contributed by atoms with E-state index in [0.717, 1.165) is 24.1 Å². The van der Waals surface area contributed by atoms with Crippen molar-refractivity contribution in [2.75, 3.05) is 13.2 Å². The summed E-state index contributed by atoms with van der Waals surface area (Å²) in [5, 5.41) is 0. The van der Waals surface area contributed by atoms with E-state index in [1.807, 2.05) is 0 Å². The molecule has 1 amide bonds. The monoisotopic (exact) mass is 385 g/mol. The summed E-state index contributed by atoms with van der Waals surface area (Å²) in [5.74, 6) is 0.346. The Morgan fingerprint density at radius 2 is 2.22 bits per heavy atom. The number of hydrogen-bond donors (Lipinski definition) is 1. The van der Waals surface area contributed by atoms with E-state index in [0.29, 0.717) is 25.9 Å². The summed E-state index contributed by atoms with van der Waals surface area (Å²) in [6, 6.07) is 1.60. The number of carbonyl (C=O) groups excluding carboxylic acids is 1. The van der Waals surface area contributed by atoms with Gasteiger partial charge in [0.1, 0.15) is 5.75 Å². The minimum absolute atomic E-state index is 0.0393. The fourth-order valence-electron chi connectivity index (χ4n) is 4.22. The largest absolute Gasteiger partial charge is 0.482 e. The molecule has 0 bridgehead atoms. The smallest absolute Gasteiger partial charge is 0.422 e. The molecule has 2 aliphatic rings. The molecular formula is C19H26F3N3O2. The highest BCUT2D eigenvalue weighted by Crippen LogP contribution is 2.45. The van der Waals surface area contributed by atoms with Crippen LogP contribution < -0.4 is 10.5 Å². The van der Waals surface area contributed by atoms with E-state index in [9.17, 15) is 18.0 Å². The first-order valence-electron chi connectivity index (χ1n) is 9.33. The zero-order valence-electron chi connectivity index (χ0n) is 15.7. The molecule has 1 aromatic rings. The molecule has 2 atom stereocenters. The number of nitrogens with two attached hydrogens (primary N) is 1. The van der Waals surface area contributed by atoms with Crippen molar-refractivity contribution in [1.29, 1.82) is 0 Å². The first-order valence-corrected chi connectivity index (χ1v) is 9.33. The second kappa shape index (κ2) is 7.30. The highest BCUT2D eigenvalue weighted by atomic mass is 19.4. The van der Waals surface area contributed by atoms with Gasteiger partial charge in [-0.1, -0.05) is 13.8 Å². The number of halogens is 3. The normalized spacial score (nSPS) is 25.6. The number of fused-ring (bicyclic) bond motifs is 1. The topological polar surface area (TPSA) is 68.5 Å². The van der Waals surface area contributed by atoms with Crippen LogP contribution in [0, 0.1) is 11.3 Å². The van der Waals surface area contributed by atoms with Crippen molar-refractivity contribution in [3.05, 3.63) is 23.5 Å². The predicted octanol–water partition coefficient (Wildman–Crippen LogP) is 3.06. The lowest BCUT2D eigenvalue weighted by Gasteiger charge is -2.39. The van der Waals surface area contributed by atoms with Crippen LogP contribution in [0.15, 0.2) is 12.3 Å². The molecular weight excluding hydrogens is 359 g/mol. The molecule has 1 aliphatic heterocycles. The maximum Gasteiger partial charge on any atom is 0.422 e. The number of aromatic nitrogens is 1. The summed E-state index contributed by atoms with van der Waals surface area (Å²) in [5.41, 5.74) is 7.19. The Kier molecular flexibility index (Phi) is 5.38. The van der Waals surface area contributed by atoms with Crippen LogP contribution in [-0.2, 0) is 17.8 Å². The molecule has 1 aliphatic carbocycles. The zero-order valence-corrected chi connectivity index (χ0v) is 15.7. The first kappa shape index (κ1) is 19.9. The third kappa shape index (κ3) is 4.20. The van der Waals surface area contributed by atoms with Crippen molar-refractivity contribution in [3.8, 4) is 5.75 Å². The molecule has 3 rings (SSSR count). The lowest BCUT2D eigenvalue weighted by Crippen LogP contribution is -2.48. The van der Waals surface area contributed by atoms with Gasteiger partial charge in [-0.3, -0.25) is 9.78 Å². The molecule has 1 fully saturated rings. The summed E-state index contributed by atoms with van der Waals surface area (Å²) in [7, 11) is 0. The minimum Gasteiger partial charge on any atom is -0.482 e. The average molecular weight is 385 g/mol. The lowest BCUT2D eigenvalue weighted by atomic mass is 9.74. The third-order valence-corrected chi connectivity index (χ3v) is 5.82. The van der Waals surface area contributed by atoms with E-state index >= 15 is 0 Å². The van der Waals surface area contributed by atoms with Gasteiger partial charge in [0.25, 0.3) is 0 Å². The van der Waals surface area contributed by atoms with Crippen LogP contribution in [0.5, 0.6) is 5.75 Å². The van der Waals surface area contributed by atoms with Gasteiger partial charge in [-0.25, -0.2) is 0 Å². The van der Waals surface area contributed by atoms with E-state index in [1.165, 1.54) is 6.20 Å². The molecule has 0 aromatic carbocycles. The Morgan fingerprint density at radius 3 is 2.81 bits per heavy atom. The molecule has 1 saturated carbocycles. The number of pyridine rings is 1. The van der Waals surface area contributed by atoms with Crippen molar-refractivity contribution < 1.29 is 22.7 Å². The molecule has 0 saturated heterocycles. The summed E-state index contributed by atoms with van der Waals surface area (Å²) < 4.78 is 41.9. The third-order valence-electron chi connectivity index (χ3n) is 5.82. The van der Waals surface area contributed by atoms with E-state index in [4.69, 9.17) is 10.5 Å². The number of ether oxygens (including phenoxy) is 1. The minimum atomic E-state index is -4.40. The van der Waals surface area contributed by atoms with Gasteiger partial charge in [0, 0.05) is 31.2 Å². The van der Waals surface area contributed by atoms with Crippen LogP contribution in [0.25, 0.3) is 0 Å². The molecule has 5 nitrogen and oxygen atoms in total. The Balaban J connectivity index is 1.75. The molecule has 8 heteroatoms. The van der Waals surface area contributed by atoms with E-state index in [1.54, 1.807) is 11.0 Å². The number of rotatable bonds is 4. The molecule has 2 heterocycles. The van der Waals surface area contributed by atoms with Gasteiger partial charge in [-0.05, 0) is 36.8 Å². The number of carbonyl (C=O) groups is 1. The Bertz CT molecular complexity index is 708. The van der Waals surface area contributed by atoms with E-state index < -0.39 is 18.2 Å². The van der Waals surface area contributed by atoms with Gasteiger partial charge in [0.2, 0.25) is 5.91 Å². The number of alkyl halides is 3. The molecule has 0 spiro atoms. The van der Waals surface area contributed by atoms with Gasteiger partial charge < -0.3 is 15.4 Å². The fourth-order valence-corrected chi connectivity index (χ4v) is 4.22. The predicted molar refractivity (Wildman–Crippen MR) is 94.0 cm³/mol. The van der Waals surface area contributed by atoms with Gasteiger partial charge in [0.05, 0.1) is 11.6 Å². The Hall–Kier alpha value is -1.83. The second-order valence-electron chi connectivity index (χ2n) is 7.97. The summed E-state index contributed by atoms with van der Waals surface area (Å²) in [6.45, 7) is 3.65. The number of amides is 1. The van der Waals surface area contributed by atoms with Crippen molar-refractivity contribution in [3.63, 3.8) is 0 Å². The molecule has 0 radical (unpaired) electrons. The van der Waals surface area contributed by atoms with Crippen LogP contribution in [0.3, 0.4) is 0 Å². The van der Waals surface area contributed by atoms with Crippen molar-refractivity contribution in [2.24, 2.45) is 17.1 Å². The second-order valence-corrected chi connectivity index (χ2v) is 7.97. The van der Waals surface area contributed by atoms with Crippen molar-refractivity contribution in [1.82, 2.24) is 9.88 Å². The maximum atomic E-state index is 13.3. The maximum absolute atomic E-state index is 13.3. The standard InChI is InChI=1S/C19H26F3N3O2/c1-12(2)18(5-3-14(23)8-18)17(26)25-6-4-16-13(10-25)7-15(9-24-16)27-11-19(20,21)22/h7,9,12,14H,3-6,8,10-11,23H2,1-2H3. The molecule has 150 valence electrons. The van der Waals surface area contributed by atoms with Crippen molar-refractivity contribution >= 4 is 5.91 Å². The fraction of sp³-hybridized carbons (Fsp3) is 0.684. The first-order chi connectivity index (χ1) is 12.6. The number of hydrogen-bond acceptors (Lipinski definition) is 4. The van der Waals surface area contributed by atoms with Crippen molar-refractivity contribution in [2.45, 2.75) is 58.3 Å². The van der Waals surface area contributed by atoms with E-state index in [2.05, 4.69) is 18.8 Å². The highest BCUT2D eigenvalue weighted by molar-refractivity contribution is 5.83. The van der Waals surface area contributed by atoms with Gasteiger partial charge >= 0.3 is 6.18 Å². The van der Waals surface area contributed by atoms with Crippen LogP contribution in [-0.4, -0.2) is 41.2 Å². The van der Waals surface area contributed by atoms with Crippen LogP contribution in [0.2, 0.25) is 0 Å². The van der Waals surface area contributed by atoms with Gasteiger partial charge in [0.15, 0.2) is 6.61 Å². The van der Waals surface area contributed by atoms with E-state index in [-0.39, 0.29) is 23.6 Å². The molecule has 27 heavy (non-hydrogen) atoms. The van der Waals surface area contributed by atoms with Crippen LogP contribution in [0.4, 0.5) is 13.2 Å². The summed E-state index contributed by atoms with van der Waals surface area (Å²) in [4.78, 5) is 19.4. The zero-order chi connectivity index (χ0) is 19.8. The molecule has 2 unspecified atom stereocenters. The molecule has 2 N–H and O–H groups in total. The SMILES string of the molecule is CC(C)C1(C(=O)N2CCc3ncc(OCC(F)(F)F)cc3C2)CCC(N)C1. The number of nitrogens with zero attached hydrogens (tertiary/aromatic N) is 2. The summed E-state index contributed by atoms with van der Waals surface area (Å²) in [6.07, 6.45) is -0.205. The molecule has 1 aromatic heterocycles. The summed E-state index contributed by atoms with van der Waals surface area (Å²) >= 11 is 0. The highest BCUT2D eigenvalue weighted by Gasteiger charge is 2.48.